The zero-order valence-corrected chi connectivity index (χ0v) is 17.4. The minimum absolute atomic E-state index is 0. The van der Waals surface area contributed by atoms with Crippen LogP contribution in [0, 0.1) is 0 Å². The van der Waals surface area contributed by atoms with Gasteiger partial charge in [0.2, 0.25) is 5.88 Å². The van der Waals surface area contributed by atoms with E-state index in [2.05, 4.69) is 33.9 Å². The molecule has 0 saturated carbocycles. The molecular formula is C19H32ClN5O2. The number of likely N-dealkylation sites (tertiary alicyclic amines) is 1. The van der Waals surface area contributed by atoms with Crippen molar-refractivity contribution in [1.82, 2.24) is 19.7 Å². The first-order chi connectivity index (χ1) is 12.6. The van der Waals surface area contributed by atoms with Crippen molar-refractivity contribution in [2.24, 2.45) is 0 Å². The van der Waals surface area contributed by atoms with Gasteiger partial charge in [0.05, 0.1) is 6.61 Å². The normalized spacial score (nSPS) is 21.2. The van der Waals surface area contributed by atoms with Gasteiger partial charge < -0.3 is 9.64 Å². The summed E-state index contributed by atoms with van der Waals surface area (Å²) in [5.74, 6) is 1.07. The molecular weight excluding hydrogens is 366 g/mol. The Kier molecular flexibility index (Phi) is 8.13. The van der Waals surface area contributed by atoms with Crippen LogP contribution in [0.2, 0.25) is 0 Å². The number of carbonyl (C=O) groups excluding carboxylic acids is 1. The van der Waals surface area contributed by atoms with Crippen molar-refractivity contribution in [1.29, 1.82) is 0 Å². The second-order valence-corrected chi connectivity index (χ2v) is 7.28. The smallest absolute Gasteiger partial charge is 0.323 e. The van der Waals surface area contributed by atoms with Crippen molar-refractivity contribution in [3.63, 3.8) is 0 Å². The van der Waals surface area contributed by atoms with Crippen molar-refractivity contribution in [2.45, 2.75) is 39.3 Å². The van der Waals surface area contributed by atoms with Crippen LogP contribution in [0.15, 0.2) is 18.2 Å². The SMILES string of the molecule is CCOc1cccc(NC(=O)N2CCC(N3CCN(C(C)C)CC3)C2)n1.Cl. The number of piperazine rings is 1. The summed E-state index contributed by atoms with van der Waals surface area (Å²) in [4.78, 5) is 23.8. The van der Waals surface area contributed by atoms with Crippen molar-refractivity contribution >= 4 is 24.3 Å². The molecule has 27 heavy (non-hydrogen) atoms. The van der Waals surface area contributed by atoms with Gasteiger partial charge in [-0.05, 0) is 33.3 Å². The van der Waals surface area contributed by atoms with E-state index in [1.165, 1.54) is 0 Å². The molecule has 1 N–H and O–H groups in total. The summed E-state index contributed by atoms with van der Waals surface area (Å²) in [6, 6.07) is 6.44. The van der Waals surface area contributed by atoms with Crippen LogP contribution >= 0.6 is 12.4 Å². The highest BCUT2D eigenvalue weighted by Crippen LogP contribution is 2.19. The van der Waals surface area contributed by atoms with E-state index >= 15 is 0 Å². The van der Waals surface area contributed by atoms with Crippen LogP contribution in [-0.4, -0.2) is 83.7 Å². The molecule has 0 spiro atoms. The lowest BCUT2D eigenvalue weighted by molar-refractivity contribution is 0.0812. The maximum absolute atomic E-state index is 12.6. The monoisotopic (exact) mass is 397 g/mol. The molecule has 1 aromatic heterocycles. The van der Waals surface area contributed by atoms with Gasteiger partial charge in [0.15, 0.2) is 0 Å². The Bertz CT molecular complexity index is 608. The minimum Gasteiger partial charge on any atom is -0.478 e. The number of nitrogens with one attached hydrogen (secondary N) is 1. The third kappa shape index (κ3) is 5.70. The first kappa shape index (κ1) is 21.7. The van der Waals surface area contributed by atoms with Crippen LogP contribution in [-0.2, 0) is 0 Å². The van der Waals surface area contributed by atoms with Gasteiger partial charge in [0, 0.05) is 57.4 Å². The standard InChI is InChI=1S/C19H31N5O2.ClH/c1-4-26-18-7-5-6-17(20-18)21-19(25)24-9-8-16(14-24)23-12-10-22(11-13-23)15(2)3;/h5-7,15-16H,4,8-14H2,1-3H3,(H,20,21,25);1H. The highest BCUT2D eigenvalue weighted by Gasteiger charge is 2.32. The average molecular weight is 398 g/mol. The Labute approximate surface area is 168 Å². The van der Waals surface area contributed by atoms with Crippen molar-refractivity contribution < 1.29 is 9.53 Å². The molecule has 0 bridgehead atoms. The number of aromatic nitrogens is 1. The van der Waals surface area contributed by atoms with Crippen LogP contribution in [0.25, 0.3) is 0 Å². The van der Waals surface area contributed by atoms with E-state index in [9.17, 15) is 4.79 Å². The maximum atomic E-state index is 12.6. The van der Waals surface area contributed by atoms with E-state index in [4.69, 9.17) is 4.74 Å². The lowest BCUT2D eigenvalue weighted by Crippen LogP contribution is -2.52. The van der Waals surface area contributed by atoms with Gasteiger partial charge in [-0.3, -0.25) is 15.1 Å². The first-order valence-corrected chi connectivity index (χ1v) is 9.70. The highest BCUT2D eigenvalue weighted by atomic mass is 35.5. The molecule has 8 heteroatoms. The molecule has 3 heterocycles. The number of carbonyl (C=O) groups is 1. The maximum Gasteiger partial charge on any atom is 0.323 e. The number of nitrogens with zero attached hydrogens (tertiary/aromatic N) is 4. The predicted molar refractivity (Wildman–Crippen MR) is 110 cm³/mol. The molecule has 2 fully saturated rings. The molecule has 1 aromatic rings. The Morgan fingerprint density at radius 3 is 2.67 bits per heavy atom. The summed E-state index contributed by atoms with van der Waals surface area (Å²) < 4.78 is 5.39. The molecule has 2 aliphatic heterocycles. The lowest BCUT2D eigenvalue weighted by Gasteiger charge is -2.39. The third-order valence-electron chi connectivity index (χ3n) is 5.30. The van der Waals surface area contributed by atoms with E-state index in [1.54, 1.807) is 12.1 Å². The van der Waals surface area contributed by atoms with Gasteiger partial charge in [0.1, 0.15) is 5.82 Å². The van der Waals surface area contributed by atoms with Gasteiger partial charge >= 0.3 is 6.03 Å². The number of rotatable bonds is 5. The predicted octanol–water partition coefficient (Wildman–Crippen LogP) is 2.53. The molecule has 1 atom stereocenters. The molecule has 0 aliphatic carbocycles. The largest absolute Gasteiger partial charge is 0.478 e. The number of anilines is 1. The molecule has 0 aromatic carbocycles. The fourth-order valence-electron chi connectivity index (χ4n) is 3.74. The fourth-order valence-corrected chi connectivity index (χ4v) is 3.74. The number of pyridine rings is 1. The summed E-state index contributed by atoms with van der Waals surface area (Å²) >= 11 is 0. The third-order valence-corrected chi connectivity index (χ3v) is 5.30. The number of urea groups is 1. The number of halogens is 1. The summed E-state index contributed by atoms with van der Waals surface area (Å²) in [6.45, 7) is 13.0. The average Bonchev–Trinajstić information content (AvgIpc) is 3.13. The van der Waals surface area contributed by atoms with E-state index in [1.807, 2.05) is 17.9 Å². The molecule has 7 nitrogen and oxygen atoms in total. The van der Waals surface area contributed by atoms with Crippen molar-refractivity contribution in [3.05, 3.63) is 18.2 Å². The van der Waals surface area contributed by atoms with Gasteiger partial charge in [-0.1, -0.05) is 6.07 Å². The fraction of sp³-hybridized carbons (Fsp3) is 0.684. The number of hydrogen-bond donors (Lipinski definition) is 1. The Hall–Kier alpha value is -1.57. The zero-order valence-electron chi connectivity index (χ0n) is 16.6. The second-order valence-electron chi connectivity index (χ2n) is 7.28. The minimum atomic E-state index is -0.0746. The van der Waals surface area contributed by atoms with E-state index < -0.39 is 0 Å². The van der Waals surface area contributed by atoms with Gasteiger partial charge in [-0.25, -0.2) is 4.79 Å². The number of hydrogen-bond acceptors (Lipinski definition) is 5. The summed E-state index contributed by atoms with van der Waals surface area (Å²) in [6.07, 6.45) is 1.04. The second kappa shape index (κ2) is 10.1. The molecule has 2 amide bonds. The van der Waals surface area contributed by atoms with Crippen LogP contribution in [0.5, 0.6) is 5.88 Å². The quantitative estimate of drug-likeness (QED) is 0.827. The Morgan fingerprint density at radius 2 is 2.00 bits per heavy atom. The van der Waals surface area contributed by atoms with Gasteiger partial charge in [0.25, 0.3) is 0 Å². The summed E-state index contributed by atoms with van der Waals surface area (Å²) in [5, 5.41) is 2.90. The molecule has 2 saturated heterocycles. The molecule has 3 rings (SSSR count). The Morgan fingerprint density at radius 1 is 1.26 bits per heavy atom. The summed E-state index contributed by atoms with van der Waals surface area (Å²) in [5.41, 5.74) is 0. The summed E-state index contributed by atoms with van der Waals surface area (Å²) in [7, 11) is 0. The van der Waals surface area contributed by atoms with Crippen molar-refractivity contribution in [2.75, 3.05) is 51.2 Å². The Balaban J connectivity index is 0.00000261. The molecule has 1 unspecified atom stereocenters. The first-order valence-electron chi connectivity index (χ1n) is 9.70. The van der Waals surface area contributed by atoms with Gasteiger partial charge in [-0.15, -0.1) is 12.4 Å². The van der Waals surface area contributed by atoms with Crippen molar-refractivity contribution in [3.8, 4) is 5.88 Å². The molecule has 2 aliphatic rings. The van der Waals surface area contributed by atoms with E-state index in [0.717, 1.165) is 45.7 Å². The zero-order chi connectivity index (χ0) is 18.5. The van der Waals surface area contributed by atoms with Crippen LogP contribution in [0.3, 0.4) is 0 Å². The topological polar surface area (TPSA) is 60.9 Å². The van der Waals surface area contributed by atoms with Gasteiger partial charge in [-0.2, -0.15) is 4.98 Å². The van der Waals surface area contributed by atoms with Crippen LogP contribution < -0.4 is 10.1 Å². The van der Waals surface area contributed by atoms with E-state index in [-0.39, 0.29) is 18.4 Å². The van der Waals surface area contributed by atoms with Crippen LogP contribution in [0.4, 0.5) is 10.6 Å². The van der Waals surface area contributed by atoms with E-state index in [0.29, 0.717) is 30.4 Å². The lowest BCUT2D eigenvalue weighted by atomic mass is 10.1. The number of amides is 2. The number of ether oxygens (including phenoxy) is 1. The molecule has 0 radical (unpaired) electrons. The molecule has 152 valence electrons. The van der Waals surface area contributed by atoms with Crippen LogP contribution in [0.1, 0.15) is 27.2 Å². The highest BCUT2D eigenvalue weighted by molar-refractivity contribution is 5.88.